The van der Waals surface area contributed by atoms with Crippen molar-refractivity contribution in [3.05, 3.63) is 64.2 Å². The number of benzene rings is 2. The molecule has 0 spiro atoms. The Morgan fingerprint density at radius 2 is 2.03 bits per heavy atom. The van der Waals surface area contributed by atoms with E-state index < -0.39 is 29.7 Å². The zero-order chi connectivity index (χ0) is 21.2. The molecule has 0 bridgehead atoms. The van der Waals surface area contributed by atoms with Gasteiger partial charge < -0.3 is 9.84 Å². The van der Waals surface area contributed by atoms with E-state index in [0.29, 0.717) is 36.3 Å². The third-order valence-electron chi connectivity index (χ3n) is 5.19. The monoisotopic (exact) mass is 427 g/mol. The van der Waals surface area contributed by atoms with Crippen LogP contribution in [0.1, 0.15) is 35.6 Å². The Morgan fingerprint density at radius 3 is 2.69 bits per heavy atom. The van der Waals surface area contributed by atoms with Crippen LogP contribution >= 0.6 is 11.6 Å². The molecule has 0 aromatic heterocycles. The molecule has 3 rings (SSSR count). The maximum atomic E-state index is 13.3. The van der Waals surface area contributed by atoms with E-state index >= 15 is 0 Å². The molecule has 2 aromatic carbocycles. The number of piperidine rings is 1. The highest BCUT2D eigenvalue weighted by atomic mass is 35.5. The Kier molecular flexibility index (Phi) is 6.39. The van der Waals surface area contributed by atoms with Crippen LogP contribution in [0.4, 0.5) is 13.2 Å². The van der Waals surface area contributed by atoms with Crippen molar-refractivity contribution >= 4 is 17.6 Å². The summed E-state index contributed by atoms with van der Waals surface area (Å²) in [5.74, 6) is -0.932. The molecule has 2 atom stereocenters. The van der Waals surface area contributed by atoms with E-state index in [1.165, 1.54) is 13.2 Å². The molecule has 0 radical (unpaired) electrons. The van der Waals surface area contributed by atoms with Crippen LogP contribution in [0.25, 0.3) is 0 Å². The number of methoxy groups -OCH3 is 1. The fraction of sp³-hybridized carbons (Fsp3) is 0.381. The molecular formula is C21H21ClF3NO3. The Bertz CT molecular complexity index is 888. The maximum absolute atomic E-state index is 13.3. The van der Waals surface area contributed by atoms with Crippen LogP contribution in [-0.2, 0) is 11.0 Å². The number of alkyl halides is 3. The van der Waals surface area contributed by atoms with Gasteiger partial charge in [0.15, 0.2) is 0 Å². The van der Waals surface area contributed by atoms with Gasteiger partial charge in [0, 0.05) is 11.6 Å². The summed E-state index contributed by atoms with van der Waals surface area (Å²) >= 11 is 6.34. The lowest BCUT2D eigenvalue weighted by atomic mass is 9.90. The molecule has 2 unspecified atom stereocenters. The molecule has 29 heavy (non-hydrogen) atoms. The van der Waals surface area contributed by atoms with Crippen LogP contribution in [-0.4, -0.2) is 36.2 Å². The van der Waals surface area contributed by atoms with Crippen molar-refractivity contribution in [1.82, 2.24) is 4.90 Å². The molecule has 1 N–H and O–H groups in total. The average Bonchev–Trinajstić information content (AvgIpc) is 2.69. The highest BCUT2D eigenvalue weighted by Crippen LogP contribution is 2.40. The molecular weight excluding hydrogens is 407 g/mol. The number of hydrogen-bond acceptors (Lipinski definition) is 3. The molecule has 2 aromatic rings. The van der Waals surface area contributed by atoms with Crippen LogP contribution in [0.3, 0.4) is 0 Å². The van der Waals surface area contributed by atoms with Gasteiger partial charge in [0.2, 0.25) is 0 Å². The van der Waals surface area contributed by atoms with E-state index in [1.54, 1.807) is 24.3 Å². The zero-order valence-corrected chi connectivity index (χ0v) is 16.5. The van der Waals surface area contributed by atoms with E-state index in [4.69, 9.17) is 16.3 Å². The standard InChI is InChI=1S/C21H21ClF3NO3/c1-29-16-6-2-4-13(10-16)19(26-9-3-5-14(12-26)20(27)28)17-11-15(21(23,24)25)7-8-18(17)22/h2,4,6-8,10-11,14,19H,3,5,9,12H2,1H3,(H,27,28). The highest BCUT2D eigenvalue weighted by Gasteiger charge is 2.35. The Labute approximate surface area is 171 Å². The molecule has 4 nitrogen and oxygen atoms in total. The van der Waals surface area contributed by atoms with Crippen LogP contribution in [0.15, 0.2) is 42.5 Å². The van der Waals surface area contributed by atoms with Gasteiger partial charge in [-0.2, -0.15) is 13.2 Å². The zero-order valence-electron chi connectivity index (χ0n) is 15.7. The maximum Gasteiger partial charge on any atom is 0.416 e. The largest absolute Gasteiger partial charge is 0.497 e. The minimum atomic E-state index is -4.51. The quantitative estimate of drug-likeness (QED) is 0.707. The third-order valence-corrected chi connectivity index (χ3v) is 5.54. The van der Waals surface area contributed by atoms with E-state index in [2.05, 4.69) is 0 Å². The number of nitrogens with zero attached hydrogens (tertiary/aromatic N) is 1. The van der Waals surface area contributed by atoms with Crippen molar-refractivity contribution in [2.24, 2.45) is 5.92 Å². The topological polar surface area (TPSA) is 49.8 Å². The lowest BCUT2D eigenvalue weighted by molar-refractivity contribution is -0.143. The summed E-state index contributed by atoms with van der Waals surface area (Å²) < 4.78 is 45.3. The molecule has 0 saturated carbocycles. The molecule has 156 valence electrons. The van der Waals surface area contributed by atoms with Gasteiger partial charge >= 0.3 is 12.1 Å². The van der Waals surface area contributed by atoms with Gasteiger partial charge in [-0.25, -0.2) is 0 Å². The number of halogens is 4. The second-order valence-electron chi connectivity index (χ2n) is 7.09. The third kappa shape index (κ3) is 4.85. The molecule has 0 aliphatic carbocycles. The fourth-order valence-electron chi connectivity index (χ4n) is 3.77. The van der Waals surface area contributed by atoms with Gasteiger partial charge in [0.05, 0.1) is 24.6 Å². The van der Waals surface area contributed by atoms with Gasteiger partial charge in [0.1, 0.15) is 5.75 Å². The van der Waals surface area contributed by atoms with Crippen molar-refractivity contribution in [3.63, 3.8) is 0 Å². The number of aliphatic carboxylic acids is 1. The lowest BCUT2D eigenvalue weighted by Crippen LogP contribution is -2.41. The summed E-state index contributed by atoms with van der Waals surface area (Å²) in [6, 6.07) is 9.64. The van der Waals surface area contributed by atoms with Crippen LogP contribution in [0, 0.1) is 5.92 Å². The predicted molar refractivity (Wildman–Crippen MR) is 103 cm³/mol. The van der Waals surface area contributed by atoms with E-state index in [0.717, 1.165) is 12.1 Å². The molecule has 8 heteroatoms. The number of hydrogen-bond donors (Lipinski definition) is 1. The second kappa shape index (κ2) is 8.63. The summed E-state index contributed by atoms with van der Waals surface area (Å²) in [6.45, 7) is 0.780. The summed E-state index contributed by atoms with van der Waals surface area (Å²) in [4.78, 5) is 13.4. The highest BCUT2D eigenvalue weighted by molar-refractivity contribution is 6.31. The van der Waals surface area contributed by atoms with Crippen molar-refractivity contribution in [1.29, 1.82) is 0 Å². The van der Waals surface area contributed by atoms with Crippen molar-refractivity contribution in [2.75, 3.05) is 20.2 Å². The lowest BCUT2D eigenvalue weighted by Gasteiger charge is -2.38. The van der Waals surface area contributed by atoms with E-state index in [9.17, 15) is 23.1 Å². The number of carboxylic acid groups (broad SMARTS) is 1. The van der Waals surface area contributed by atoms with Crippen LogP contribution in [0.2, 0.25) is 5.02 Å². The van der Waals surface area contributed by atoms with Gasteiger partial charge in [-0.05, 0) is 60.8 Å². The van der Waals surface area contributed by atoms with Crippen molar-refractivity contribution in [3.8, 4) is 5.75 Å². The van der Waals surface area contributed by atoms with Gasteiger partial charge in [-0.1, -0.05) is 23.7 Å². The number of carboxylic acids is 1. The molecule has 1 aliphatic heterocycles. The van der Waals surface area contributed by atoms with Crippen molar-refractivity contribution < 1.29 is 27.8 Å². The van der Waals surface area contributed by atoms with E-state index in [1.807, 2.05) is 4.90 Å². The Morgan fingerprint density at radius 1 is 1.28 bits per heavy atom. The Hall–Kier alpha value is -2.25. The van der Waals surface area contributed by atoms with Crippen LogP contribution < -0.4 is 4.74 Å². The number of ether oxygens (including phenoxy) is 1. The first-order valence-electron chi connectivity index (χ1n) is 9.18. The summed E-state index contributed by atoms with van der Waals surface area (Å²) in [6.07, 6.45) is -3.34. The fourth-order valence-corrected chi connectivity index (χ4v) is 3.99. The summed E-state index contributed by atoms with van der Waals surface area (Å²) in [7, 11) is 1.51. The normalized spacial score (nSPS) is 19.0. The first-order chi connectivity index (χ1) is 13.7. The van der Waals surface area contributed by atoms with Crippen molar-refractivity contribution in [2.45, 2.75) is 25.1 Å². The molecule has 1 heterocycles. The minimum absolute atomic E-state index is 0.197. The number of carbonyl (C=O) groups is 1. The number of rotatable bonds is 5. The van der Waals surface area contributed by atoms with Gasteiger partial charge in [-0.15, -0.1) is 0 Å². The number of likely N-dealkylation sites (tertiary alicyclic amines) is 1. The molecule has 1 fully saturated rings. The minimum Gasteiger partial charge on any atom is -0.497 e. The smallest absolute Gasteiger partial charge is 0.416 e. The molecule has 0 amide bonds. The summed E-state index contributed by atoms with van der Waals surface area (Å²) in [5, 5.41) is 9.64. The average molecular weight is 428 g/mol. The second-order valence-corrected chi connectivity index (χ2v) is 7.49. The predicted octanol–water partition coefficient (Wildman–Crippen LogP) is 5.25. The summed E-state index contributed by atoms with van der Waals surface area (Å²) in [5.41, 5.74) is 0.189. The van der Waals surface area contributed by atoms with Gasteiger partial charge in [-0.3, -0.25) is 9.69 Å². The van der Waals surface area contributed by atoms with Crippen LogP contribution in [0.5, 0.6) is 5.75 Å². The first-order valence-corrected chi connectivity index (χ1v) is 9.56. The Balaban J connectivity index is 2.12. The molecule has 1 saturated heterocycles. The van der Waals surface area contributed by atoms with Gasteiger partial charge in [0.25, 0.3) is 0 Å². The SMILES string of the molecule is COc1cccc(C(c2cc(C(F)(F)F)ccc2Cl)N2CCCC(C(=O)O)C2)c1. The van der Waals surface area contributed by atoms with E-state index in [-0.39, 0.29) is 11.6 Å². The molecule has 1 aliphatic rings. The first kappa shape index (κ1) is 21.5.